The number of hydrogen-bond donors (Lipinski definition) is 1. The molecule has 2 N–H and O–H groups in total. The van der Waals surface area contributed by atoms with E-state index in [2.05, 4.69) is 6.58 Å². The van der Waals surface area contributed by atoms with Crippen LogP contribution >= 0.6 is 0 Å². The zero-order valence-corrected chi connectivity index (χ0v) is 7.25. The van der Waals surface area contributed by atoms with E-state index in [1.807, 2.05) is 43.3 Å². The van der Waals surface area contributed by atoms with Crippen molar-refractivity contribution in [3.8, 4) is 0 Å². The largest absolute Gasteiger partial charge is 0.398 e. The highest BCUT2D eigenvalue weighted by atomic mass is 14.6. The molecule has 0 aliphatic rings. The van der Waals surface area contributed by atoms with Crippen molar-refractivity contribution in [2.45, 2.75) is 6.92 Å². The average molecular weight is 159 g/mol. The van der Waals surface area contributed by atoms with Crippen LogP contribution in [0.5, 0.6) is 0 Å². The molecule has 0 fully saturated rings. The van der Waals surface area contributed by atoms with E-state index >= 15 is 0 Å². The summed E-state index contributed by atoms with van der Waals surface area (Å²) in [6.45, 7) is 5.87. The molecule has 0 unspecified atom stereocenters. The number of para-hydroxylation sites is 1. The fourth-order valence-corrected chi connectivity index (χ4v) is 1.08. The lowest BCUT2D eigenvalue weighted by molar-refractivity contribution is 1.60. The van der Waals surface area contributed by atoms with Crippen LogP contribution in [-0.4, -0.2) is 0 Å². The first-order chi connectivity index (χ1) is 5.75. The second kappa shape index (κ2) is 3.77. The second-order valence-corrected chi connectivity index (χ2v) is 2.61. The van der Waals surface area contributed by atoms with Crippen molar-refractivity contribution < 1.29 is 0 Å². The third-order valence-electron chi connectivity index (χ3n) is 1.67. The molecule has 1 heteroatoms. The molecule has 1 aromatic rings. The summed E-state index contributed by atoms with van der Waals surface area (Å²) in [4.78, 5) is 0. The summed E-state index contributed by atoms with van der Waals surface area (Å²) in [5.41, 5.74) is 8.50. The zero-order chi connectivity index (χ0) is 8.97. The van der Waals surface area contributed by atoms with E-state index in [0.717, 1.165) is 16.8 Å². The van der Waals surface area contributed by atoms with Gasteiger partial charge in [-0.05, 0) is 18.6 Å². The number of hydrogen-bond acceptors (Lipinski definition) is 1. The second-order valence-electron chi connectivity index (χ2n) is 2.61. The maximum Gasteiger partial charge on any atom is 0.0393 e. The minimum absolute atomic E-state index is 0.778. The van der Waals surface area contributed by atoms with Gasteiger partial charge in [0.15, 0.2) is 0 Å². The molecule has 12 heavy (non-hydrogen) atoms. The van der Waals surface area contributed by atoms with Gasteiger partial charge in [0, 0.05) is 11.3 Å². The van der Waals surface area contributed by atoms with E-state index in [0.29, 0.717) is 0 Å². The number of rotatable bonds is 2. The number of benzene rings is 1. The molecule has 0 amide bonds. The highest BCUT2D eigenvalue weighted by Gasteiger charge is 1.97. The van der Waals surface area contributed by atoms with Crippen molar-refractivity contribution in [2.24, 2.45) is 0 Å². The zero-order valence-electron chi connectivity index (χ0n) is 7.25. The molecule has 0 aliphatic heterocycles. The highest BCUT2D eigenvalue weighted by Crippen LogP contribution is 2.19. The summed E-state index contributed by atoms with van der Waals surface area (Å²) in [5.74, 6) is 0. The van der Waals surface area contributed by atoms with Crippen molar-refractivity contribution in [3.63, 3.8) is 0 Å². The van der Waals surface area contributed by atoms with Gasteiger partial charge in [-0.15, -0.1) is 0 Å². The summed E-state index contributed by atoms with van der Waals surface area (Å²) in [6.07, 6.45) is 3.90. The smallest absolute Gasteiger partial charge is 0.0393 e. The van der Waals surface area contributed by atoms with Gasteiger partial charge in [-0.2, -0.15) is 0 Å². The quantitative estimate of drug-likeness (QED) is 0.521. The predicted octanol–water partition coefficient (Wildman–Crippen LogP) is 2.86. The van der Waals surface area contributed by atoms with Gasteiger partial charge in [0.2, 0.25) is 0 Å². The summed E-state index contributed by atoms with van der Waals surface area (Å²) in [5, 5.41) is 0. The van der Waals surface area contributed by atoms with E-state index in [9.17, 15) is 0 Å². The fourth-order valence-electron chi connectivity index (χ4n) is 1.08. The molecule has 1 aromatic carbocycles. The van der Waals surface area contributed by atoms with Crippen molar-refractivity contribution >= 4 is 11.3 Å². The van der Waals surface area contributed by atoms with Crippen LogP contribution < -0.4 is 5.73 Å². The Labute approximate surface area is 73.2 Å². The molecule has 1 rings (SSSR count). The first kappa shape index (κ1) is 8.60. The maximum absolute atomic E-state index is 5.76. The van der Waals surface area contributed by atoms with Crippen LogP contribution in [0.4, 0.5) is 5.69 Å². The van der Waals surface area contributed by atoms with Crippen molar-refractivity contribution in [2.75, 3.05) is 5.73 Å². The minimum atomic E-state index is 0.778. The van der Waals surface area contributed by atoms with Crippen LogP contribution in [0.3, 0.4) is 0 Å². The normalized spacial score (nSPS) is 10.4. The molecule has 0 atom stereocenters. The van der Waals surface area contributed by atoms with Crippen LogP contribution in [0, 0.1) is 0 Å². The first-order valence-corrected chi connectivity index (χ1v) is 3.92. The molecular formula is C11H13N. The third-order valence-corrected chi connectivity index (χ3v) is 1.67. The molecule has 0 radical (unpaired) electrons. The monoisotopic (exact) mass is 159 g/mol. The minimum Gasteiger partial charge on any atom is -0.398 e. The lowest BCUT2D eigenvalue weighted by Gasteiger charge is -2.03. The topological polar surface area (TPSA) is 26.0 Å². The van der Waals surface area contributed by atoms with Gasteiger partial charge < -0.3 is 5.73 Å². The molecule has 0 spiro atoms. The summed E-state index contributed by atoms with van der Waals surface area (Å²) < 4.78 is 0. The molecular weight excluding hydrogens is 146 g/mol. The summed E-state index contributed by atoms with van der Waals surface area (Å²) in [7, 11) is 0. The summed E-state index contributed by atoms with van der Waals surface area (Å²) in [6, 6.07) is 7.73. The Balaban J connectivity index is 3.03. The molecule has 1 nitrogen and oxygen atoms in total. The van der Waals surface area contributed by atoms with Gasteiger partial charge in [-0.1, -0.05) is 36.9 Å². The fraction of sp³-hybridized carbons (Fsp3) is 0.0909. The molecule has 0 aliphatic carbocycles. The molecule has 0 saturated heterocycles. The Kier molecular flexibility index (Phi) is 2.70. The maximum atomic E-state index is 5.76. The van der Waals surface area contributed by atoms with Crippen LogP contribution in [0.15, 0.2) is 43.0 Å². The van der Waals surface area contributed by atoms with E-state index in [4.69, 9.17) is 5.73 Å². The number of allylic oxidation sites excluding steroid dienone is 3. The van der Waals surface area contributed by atoms with Gasteiger partial charge in [0.05, 0.1) is 0 Å². The van der Waals surface area contributed by atoms with Gasteiger partial charge in [0.1, 0.15) is 0 Å². The average Bonchev–Trinajstić information content (AvgIpc) is 2.05. The van der Waals surface area contributed by atoms with Crippen molar-refractivity contribution in [1.82, 2.24) is 0 Å². The molecule has 0 saturated carbocycles. The number of nitrogens with two attached hydrogens (primary N) is 1. The van der Waals surface area contributed by atoms with Gasteiger partial charge in [-0.25, -0.2) is 0 Å². The Morgan fingerprint density at radius 3 is 2.67 bits per heavy atom. The SMILES string of the molecule is C=C(/C=C\C)c1ccccc1N. The molecule has 0 bridgehead atoms. The Morgan fingerprint density at radius 2 is 2.08 bits per heavy atom. The van der Waals surface area contributed by atoms with E-state index < -0.39 is 0 Å². The Morgan fingerprint density at radius 1 is 1.42 bits per heavy atom. The highest BCUT2D eigenvalue weighted by molar-refractivity contribution is 5.79. The molecule has 0 aromatic heterocycles. The van der Waals surface area contributed by atoms with E-state index in [1.165, 1.54) is 0 Å². The van der Waals surface area contributed by atoms with Crippen molar-refractivity contribution in [3.05, 3.63) is 48.6 Å². The lowest BCUT2D eigenvalue weighted by Crippen LogP contribution is -1.90. The molecule has 0 heterocycles. The van der Waals surface area contributed by atoms with Gasteiger partial charge in [0.25, 0.3) is 0 Å². The van der Waals surface area contributed by atoms with Crippen LogP contribution in [0.25, 0.3) is 5.57 Å². The van der Waals surface area contributed by atoms with Crippen LogP contribution in [0.1, 0.15) is 12.5 Å². The number of anilines is 1. The Bertz CT molecular complexity index is 311. The van der Waals surface area contributed by atoms with Gasteiger partial charge in [-0.3, -0.25) is 0 Å². The lowest BCUT2D eigenvalue weighted by atomic mass is 10.1. The molecule has 62 valence electrons. The first-order valence-electron chi connectivity index (χ1n) is 3.92. The van der Waals surface area contributed by atoms with Gasteiger partial charge >= 0.3 is 0 Å². The Hall–Kier alpha value is -1.50. The van der Waals surface area contributed by atoms with E-state index in [-0.39, 0.29) is 0 Å². The van der Waals surface area contributed by atoms with Crippen molar-refractivity contribution in [1.29, 1.82) is 0 Å². The third kappa shape index (κ3) is 1.76. The van der Waals surface area contributed by atoms with Crippen LogP contribution in [0.2, 0.25) is 0 Å². The predicted molar refractivity (Wildman–Crippen MR) is 54.7 cm³/mol. The van der Waals surface area contributed by atoms with E-state index in [1.54, 1.807) is 0 Å². The number of nitrogen functional groups attached to an aromatic ring is 1. The van der Waals surface area contributed by atoms with Crippen LogP contribution in [-0.2, 0) is 0 Å². The standard InChI is InChI=1S/C11H13N/c1-3-6-9(2)10-7-4-5-8-11(10)12/h3-8H,2,12H2,1H3/b6-3-. The summed E-state index contributed by atoms with van der Waals surface area (Å²) >= 11 is 0.